The Hall–Kier alpha value is -0.410. The van der Waals surface area contributed by atoms with E-state index in [4.69, 9.17) is 14.6 Å². The van der Waals surface area contributed by atoms with Gasteiger partial charge in [0.25, 0.3) is 6.29 Å². The van der Waals surface area contributed by atoms with E-state index in [-0.39, 0.29) is 6.61 Å². The first-order chi connectivity index (χ1) is 17.4. The zero-order chi connectivity index (χ0) is 25.3. The van der Waals surface area contributed by atoms with E-state index in [1.807, 2.05) is 0 Å². The Morgan fingerprint density at radius 2 is 0.629 bits per heavy atom. The molecule has 3 heteroatoms. The van der Waals surface area contributed by atoms with Gasteiger partial charge in [-0.2, -0.15) is 0 Å². The highest BCUT2D eigenvalue weighted by molar-refractivity contribution is 5.50. The second-order valence-corrected chi connectivity index (χ2v) is 10.9. The maximum atomic E-state index is 8.65. The van der Waals surface area contributed by atoms with E-state index in [1.165, 1.54) is 167 Å². The average molecular weight is 498 g/mol. The maximum absolute atomic E-state index is 8.65. The summed E-state index contributed by atoms with van der Waals surface area (Å²) in [5, 5.41) is 8.65. The first kappa shape index (κ1) is 34.6. The Kier molecular flexibility index (Phi) is 33.2. The molecule has 0 rings (SSSR count). The van der Waals surface area contributed by atoms with E-state index in [2.05, 4.69) is 0 Å². The summed E-state index contributed by atoms with van der Waals surface area (Å²) in [4.78, 5) is 8.64. The van der Waals surface area contributed by atoms with Crippen LogP contribution in [0.2, 0.25) is 0 Å². The van der Waals surface area contributed by atoms with Crippen molar-refractivity contribution in [2.45, 2.75) is 180 Å². The summed E-state index contributed by atoms with van der Waals surface area (Å²) in [5.41, 5.74) is 0. The molecule has 35 heavy (non-hydrogen) atoms. The van der Waals surface area contributed by atoms with Gasteiger partial charge in [0.05, 0.1) is 19.6 Å². The number of unbranched alkanes of at least 4 members (excludes halogenated alkanes) is 27. The minimum absolute atomic E-state index is 0.148. The zero-order valence-corrected chi connectivity index (χ0v) is 23.8. The lowest BCUT2D eigenvalue weighted by Crippen LogP contribution is -2.00. The monoisotopic (exact) mass is 497 g/mol. The second-order valence-electron chi connectivity index (χ2n) is 10.9. The summed E-state index contributed by atoms with van der Waals surface area (Å²) in [6, 6.07) is 0. The van der Waals surface area contributed by atoms with Crippen LogP contribution >= 0.6 is 0 Å². The third-order valence-corrected chi connectivity index (χ3v) is 7.36. The van der Waals surface area contributed by atoms with Crippen molar-refractivity contribution in [1.82, 2.24) is 0 Å². The number of ether oxygens (including phenoxy) is 1. The van der Waals surface area contributed by atoms with E-state index in [9.17, 15) is 0 Å². The summed E-state index contributed by atoms with van der Waals surface area (Å²) in [6.07, 6.45) is 40.0. The zero-order valence-electron chi connectivity index (χ0n) is 23.8. The molecule has 0 aliphatic heterocycles. The molecule has 0 bridgehead atoms. The molecule has 0 heterocycles. The van der Waals surface area contributed by atoms with Crippen molar-refractivity contribution >= 4 is 6.29 Å². The molecular formula is C32H65O3+. The van der Waals surface area contributed by atoms with Crippen LogP contribution in [0.15, 0.2) is 0 Å². The minimum Gasteiger partial charge on any atom is -0.394 e. The smallest absolute Gasteiger partial charge is 0.281 e. The van der Waals surface area contributed by atoms with Gasteiger partial charge < -0.3 is 9.84 Å². The van der Waals surface area contributed by atoms with Crippen LogP contribution in [0.1, 0.15) is 180 Å². The van der Waals surface area contributed by atoms with Crippen LogP contribution in [0.3, 0.4) is 0 Å². The van der Waals surface area contributed by atoms with Crippen molar-refractivity contribution < 1.29 is 14.6 Å². The Balaban J connectivity index is 3.00. The van der Waals surface area contributed by atoms with Gasteiger partial charge in [0.15, 0.2) is 0 Å². The number of aliphatic hydroxyl groups excluding tert-OH is 1. The molecule has 210 valence electrons. The number of carbonyl (C=O) groups excluding carboxylic acids is 1. The molecule has 0 aromatic heterocycles. The van der Waals surface area contributed by atoms with Gasteiger partial charge in [0.2, 0.25) is 0 Å². The fourth-order valence-corrected chi connectivity index (χ4v) is 5.03. The SMILES string of the molecule is OCCOCCCCCCCCCCCCCCCCCCCCCCCCCCCCCC=[OH+]. The summed E-state index contributed by atoms with van der Waals surface area (Å²) in [5.74, 6) is 0. The van der Waals surface area contributed by atoms with Crippen molar-refractivity contribution in [1.29, 1.82) is 0 Å². The predicted octanol–water partition coefficient (Wildman–Crippen LogP) is 10.1. The van der Waals surface area contributed by atoms with Crippen LogP contribution < -0.4 is 0 Å². The first-order valence-corrected chi connectivity index (χ1v) is 16.1. The van der Waals surface area contributed by atoms with E-state index >= 15 is 0 Å². The van der Waals surface area contributed by atoms with Crippen LogP contribution in [0, 0.1) is 0 Å². The molecule has 0 atom stereocenters. The summed E-state index contributed by atoms with van der Waals surface area (Å²) in [7, 11) is 0. The van der Waals surface area contributed by atoms with Gasteiger partial charge in [-0.1, -0.05) is 161 Å². The predicted molar refractivity (Wildman–Crippen MR) is 155 cm³/mol. The van der Waals surface area contributed by atoms with Gasteiger partial charge in [-0.15, -0.1) is 0 Å². The molecule has 0 saturated carbocycles. The standard InChI is InChI=1S/C32H64O3/c33-29-27-25-23-21-19-17-15-13-11-9-7-5-3-1-2-4-6-8-10-12-14-16-18-20-22-24-26-28-31-35-32-30-34/h29,34H,1-28,30-32H2/p+1. The summed E-state index contributed by atoms with van der Waals surface area (Å²) in [6.45, 7) is 1.46. The van der Waals surface area contributed by atoms with Gasteiger partial charge in [-0.25, -0.2) is 0 Å². The molecule has 0 saturated heterocycles. The molecule has 0 radical (unpaired) electrons. The quantitative estimate of drug-likeness (QED) is 0.0571. The molecule has 0 amide bonds. The summed E-state index contributed by atoms with van der Waals surface area (Å²) >= 11 is 0. The largest absolute Gasteiger partial charge is 0.394 e. The lowest BCUT2D eigenvalue weighted by Gasteiger charge is -2.05. The third-order valence-electron chi connectivity index (χ3n) is 7.36. The second kappa shape index (κ2) is 33.6. The molecule has 0 aromatic rings. The van der Waals surface area contributed by atoms with Crippen molar-refractivity contribution in [2.24, 2.45) is 0 Å². The number of hydrogen-bond donors (Lipinski definition) is 1. The van der Waals surface area contributed by atoms with Crippen LogP contribution in [0.5, 0.6) is 0 Å². The van der Waals surface area contributed by atoms with Gasteiger partial charge in [0, 0.05) is 6.61 Å². The lowest BCUT2D eigenvalue weighted by atomic mass is 10.0. The topological polar surface area (TPSA) is 50.9 Å². The van der Waals surface area contributed by atoms with Crippen molar-refractivity contribution in [3.05, 3.63) is 0 Å². The Morgan fingerprint density at radius 1 is 0.371 bits per heavy atom. The molecule has 0 aliphatic rings. The fraction of sp³-hybridized carbons (Fsp3) is 0.969. The van der Waals surface area contributed by atoms with E-state index in [1.54, 1.807) is 0 Å². The van der Waals surface area contributed by atoms with Gasteiger partial charge in [0.1, 0.15) is 0 Å². The Labute approximate surface area is 220 Å². The average Bonchev–Trinajstić information content (AvgIpc) is 2.87. The number of aliphatic hydroxyl groups is 1. The lowest BCUT2D eigenvalue weighted by molar-refractivity contribution is 0.0895. The van der Waals surface area contributed by atoms with Crippen molar-refractivity contribution in [3.63, 3.8) is 0 Å². The highest BCUT2D eigenvalue weighted by Crippen LogP contribution is 2.16. The fourth-order valence-electron chi connectivity index (χ4n) is 5.03. The summed E-state index contributed by atoms with van der Waals surface area (Å²) < 4.78 is 5.29. The minimum atomic E-state index is 0.148. The first-order valence-electron chi connectivity index (χ1n) is 16.1. The Morgan fingerprint density at radius 3 is 0.886 bits per heavy atom. The van der Waals surface area contributed by atoms with Crippen LogP contribution in [0.25, 0.3) is 0 Å². The molecule has 2 N–H and O–H groups in total. The molecule has 0 unspecified atom stereocenters. The highest BCUT2D eigenvalue weighted by atomic mass is 16.5. The van der Waals surface area contributed by atoms with Gasteiger partial charge >= 0.3 is 0 Å². The number of rotatable bonds is 32. The highest BCUT2D eigenvalue weighted by Gasteiger charge is 1.97. The molecular weight excluding hydrogens is 432 g/mol. The van der Waals surface area contributed by atoms with Crippen LogP contribution in [0.4, 0.5) is 0 Å². The van der Waals surface area contributed by atoms with Crippen molar-refractivity contribution in [3.8, 4) is 0 Å². The van der Waals surface area contributed by atoms with Gasteiger partial charge in [-0.3, -0.25) is 4.79 Å². The molecule has 0 spiro atoms. The number of hydrogen-bond acceptors (Lipinski definition) is 2. The third kappa shape index (κ3) is 33.6. The molecule has 0 aromatic carbocycles. The van der Waals surface area contributed by atoms with E-state index in [0.717, 1.165) is 25.9 Å². The van der Waals surface area contributed by atoms with E-state index < -0.39 is 0 Å². The molecule has 0 fully saturated rings. The Bertz CT molecular complexity index is 372. The van der Waals surface area contributed by atoms with Crippen LogP contribution in [-0.2, 0) is 4.74 Å². The van der Waals surface area contributed by atoms with Crippen molar-refractivity contribution in [2.75, 3.05) is 19.8 Å². The number of aldehydes is 1. The maximum Gasteiger partial charge on any atom is 0.281 e. The van der Waals surface area contributed by atoms with Crippen LogP contribution in [-0.4, -0.2) is 36.0 Å². The molecule has 3 nitrogen and oxygen atoms in total. The van der Waals surface area contributed by atoms with Gasteiger partial charge in [-0.05, 0) is 12.8 Å². The van der Waals surface area contributed by atoms with E-state index in [0.29, 0.717) is 6.61 Å². The normalized spacial score (nSPS) is 11.3. The molecule has 0 aliphatic carbocycles.